The van der Waals surface area contributed by atoms with E-state index in [-0.39, 0.29) is 0 Å². The molecule has 1 aliphatic rings. The number of rotatable bonds is 4. The Morgan fingerprint density at radius 3 is 2.13 bits per heavy atom. The zero-order chi connectivity index (χ0) is 11.4. The molecule has 2 N–H and O–H groups in total. The molecule has 1 rings (SSSR count). The van der Waals surface area contributed by atoms with Gasteiger partial charge in [-0.05, 0) is 45.1 Å². The minimum Gasteiger partial charge on any atom is -0.328 e. The van der Waals surface area contributed by atoms with Gasteiger partial charge in [-0.25, -0.2) is 0 Å². The van der Waals surface area contributed by atoms with Crippen molar-refractivity contribution in [3.63, 3.8) is 0 Å². The van der Waals surface area contributed by atoms with Gasteiger partial charge in [0.25, 0.3) is 0 Å². The summed E-state index contributed by atoms with van der Waals surface area (Å²) in [5.41, 5.74) is 5.95. The average molecular weight is 212 g/mol. The molecular formula is C13H28N2. The van der Waals surface area contributed by atoms with Gasteiger partial charge in [0.15, 0.2) is 0 Å². The molecule has 1 atom stereocenters. The van der Waals surface area contributed by atoms with E-state index in [1.165, 1.54) is 32.1 Å². The quantitative estimate of drug-likeness (QED) is 0.776. The third-order valence-corrected chi connectivity index (χ3v) is 4.03. The highest BCUT2D eigenvalue weighted by atomic mass is 15.2. The van der Waals surface area contributed by atoms with Crippen molar-refractivity contribution in [2.45, 2.75) is 71.0 Å². The highest BCUT2D eigenvalue weighted by Crippen LogP contribution is 2.25. The summed E-state index contributed by atoms with van der Waals surface area (Å²) in [4.78, 5) is 2.61. The summed E-state index contributed by atoms with van der Waals surface area (Å²) < 4.78 is 0. The third kappa shape index (κ3) is 3.46. The monoisotopic (exact) mass is 212 g/mol. The Kier molecular flexibility index (Phi) is 5.07. The van der Waals surface area contributed by atoms with Gasteiger partial charge in [-0.15, -0.1) is 0 Å². The fourth-order valence-corrected chi connectivity index (χ4v) is 3.01. The second-order valence-corrected chi connectivity index (χ2v) is 5.45. The average Bonchev–Trinajstić information content (AvgIpc) is 2.19. The maximum Gasteiger partial charge on any atom is 0.0115 e. The molecule has 1 saturated carbocycles. The summed E-state index contributed by atoms with van der Waals surface area (Å²) in [7, 11) is 2.30. The van der Waals surface area contributed by atoms with Gasteiger partial charge in [-0.1, -0.05) is 20.8 Å². The molecule has 0 amide bonds. The molecule has 0 spiro atoms. The number of nitrogens with two attached hydrogens (primary N) is 1. The van der Waals surface area contributed by atoms with Gasteiger partial charge in [-0.3, -0.25) is 0 Å². The lowest BCUT2D eigenvalue weighted by molar-refractivity contribution is 0.101. The Morgan fingerprint density at radius 2 is 1.73 bits per heavy atom. The van der Waals surface area contributed by atoms with Gasteiger partial charge in [0, 0.05) is 18.1 Å². The van der Waals surface area contributed by atoms with Gasteiger partial charge >= 0.3 is 0 Å². The SMILES string of the molecule is CCC(C(C)C)N(C)C1CCC(N)CC1. The number of hydrogen-bond donors (Lipinski definition) is 1. The van der Waals surface area contributed by atoms with Crippen LogP contribution in [0.4, 0.5) is 0 Å². The molecule has 0 aliphatic heterocycles. The van der Waals surface area contributed by atoms with Crippen molar-refractivity contribution in [2.75, 3.05) is 7.05 Å². The maximum absolute atomic E-state index is 5.95. The molecule has 0 radical (unpaired) electrons. The van der Waals surface area contributed by atoms with Crippen LogP contribution in [0.2, 0.25) is 0 Å². The van der Waals surface area contributed by atoms with Gasteiger partial charge < -0.3 is 10.6 Å². The first-order valence-corrected chi connectivity index (χ1v) is 6.53. The van der Waals surface area contributed by atoms with E-state index >= 15 is 0 Å². The van der Waals surface area contributed by atoms with E-state index in [1.807, 2.05) is 0 Å². The van der Waals surface area contributed by atoms with Crippen LogP contribution in [0, 0.1) is 5.92 Å². The normalized spacial score (nSPS) is 29.8. The van der Waals surface area contributed by atoms with Crippen LogP contribution in [-0.2, 0) is 0 Å². The summed E-state index contributed by atoms with van der Waals surface area (Å²) in [5, 5.41) is 0. The van der Waals surface area contributed by atoms with E-state index in [0.29, 0.717) is 6.04 Å². The zero-order valence-electron chi connectivity index (χ0n) is 10.9. The Labute approximate surface area is 95.2 Å². The summed E-state index contributed by atoms with van der Waals surface area (Å²) >= 11 is 0. The summed E-state index contributed by atoms with van der Waals surface area (Å²) in [6.45, 7) is 6.97. The molecule has 0 aromatic heterocycles. The van der Waals surface area contributed by atoms with Gasteiger partial charge in [-0.2, -0.15) is 0 Å². The van der Waals surface area contributed by atoms with Crippen LogP contribution >= 0.6 is 0 Å². The molecule has 1 aliphatic carbocycles. The van der Waals surface area contributed by atoms with Crippen LogP contribution in [0.25, 0.3) is 0 Å². The van der Waals surface area contributed by atoms with E-state index in [2.05, 4.69) is 32.7 Å². The molecule has 0 bridgehead atoms. The predicted octanol–water partition coefficient (Wildman–Crippen LogP) is 2.62. The highest BCUT2D eigenvalue weighted by Gasteiger charge is 2.27. The summed E-state index contributed by atoms with van der Waals surface area (Å²) in [5.74, 6) is 0.760. The largest absolute Gasteiger partial charge is 0.328 e. The molecule has 90 valence electrons. The number of nitrogens with zero attached hydrogens (tertiary/aromatic N) is 1. The summed E-state index contributed by atoms with van der Waals surface area (Å²) in [6.07, 6.45) is 6.27. The molecule has 0 aromatic rings. The summed E-state index contributed by atoms with van der Waals surface area (Å²) in [6, 6.07) is 1.98. The van der Waals surface area contributed by atoms with Crippen molar-refractivity contribution >= 4 is 0 Å². The Balaban J connectivity index is 2.47. The maximum atomic E-state index is 5.95. The smallest absolute Gasteiger partial charge is 0.0115 e. The van der Waals surface area contributed by atoms with E-state index < -0.39 is 0 Å². The van der Waals surface area contributed by atoms with Crippen molar-refractivity contribution in [3.05, 3.63) is 0 Å². The van der Waals surface area contributed by atoms with Gasteiger partial charge in [0.2, 0.25) is 0 Å². The van der Waals surface area contributed by atoms with Gasteiger partial charge in [0.1, 0.15) is 0 Å². The second kappa shape index (κ2) is 5.86. The Morgan fingerprint density at radius 1 is 1.20 bits per heavy atom. The van der Waals surface area contributed by atoms with Crippen molar-refractivity contribution in [1.82, 2.24) is 4.90 Å². The lowest BCUT2D eigenvalue weighted by Crippen LogP contribution is -2.45. The Bertz CT molecular complexity index is 171. The Hall–Kier alpha value is -0.0800. The van der Waals surface area contributed by atoms with Crippen LogP contribution in [0.3, 0.4) is 0 Å². The van der Waals surface area contributed by atoms with E-state index in [4.69, 9.17) is 5.73 Å². The van der Waals surface area contributed by atoms with E-state index in [1.54, 1.807) is 0 Å². The van der Waals surface area contributed by atoms with Crippen LogP contribution in [0.1, 0.15) is 52.9 Å². The minimum atomic E-state index is 0.466. The lowest BCUT2D eigenvalue weighted by atomic mass is 9.88. The van der Waals surface area contributed by atoms with Crippen molar-refractivity contribution in [3.8, 4) is 0 Å². The van der Waals surface area contributed by atoms with E-state index in [9.17, 15) is 0 Å². The molecule has 15 heavy (non-hydrogen) atoms. The van der Waals surface area contributed by atoms with Crippen LogP contribution in [-0.4, -0.2) is 30.1 Å². The first-order valence-electron chi connectivity index (χ1n) is 6.53. The predicted molar refractivity (Wildman–Crippen MR) is 66.9 cm³/mol. The minimum absolute atomic E-state index is 0.466. The molecule has 1 unspecified atom stereocenters. The molecule has 0 saturated heterocycles. The fraction of sp³-hybridized carbons (Fsp3) is 1.00. The fourth-order valence-electron chi connectivity index (χ4n) is 3.01. The van der Waals surface area contributed by atoms with Crippen molar-refractivity contribution < 1.29 is 0 Å². The lowest BCUT2D eigenvalue weighted by Gasteiger charge is -2.40. The van der Waals surface area contributed by atoms with Crippen LogP contribution in [0.5, 0.6) is 0 Å². The zero-order valence-corrected chi connectivity index (χ0v) is 10.9. The second-order valence-electron chi connectivity index (χ2n) is 5.45. The highest BCUT2D eigenvalue weighted by molar-refractivity contribution is 4.83. The third-order valence-electron chi connectivity index (χ3n) is 4.03. The van der Waals surface area contributed by atoms with Crippen LogP contribution < -0.4 is 5.73 Å². The molecule has 0 heterocycles. The molecule has 2 heteroatoms. The number of hydrogen-bond acceptors (Lipinski definition) is 2. The molecular weight excluding hydrogens is 184 g/mol. The standard InChI is InChI=1S/C13H28N2/c1-5-13(10(2)3)15(4)12-8-6-11(14)7-9-12/h10-13H,5-9,14H2,1-4H3. The van der Waals surface area contributed by atoms with Gasteiger partial charge in [0.05, 0.1) is 0 Å². The van der Waals surface area contributed by atoms with Crippen molar-refractivity contribution in [1.29, 1.82) is 0 Å². The first kappa shape index (κ1) is 13.0. The topological polar surface area (TPSA) is 29.3 Å². The molecule has 2 nitrogen and oxygen atoms in total. The molecule has 0 aromatic carbocycles. The van der Waals surface area contributed by atoms with Crippen LogP contribution in [0.15, 0.2) is 0 Å². The first-order chi connectivity index (χ1) is 7.06. The van der Waals surface area contributed by atoms with Crippen molar-refractivity contribution in [2.24, 2.45) is 11.7 Å². The molecule has 1 fully saturated rings. The van der Waals surface area contributed by atoms with E-state index in [0.717, 1.165) is 18.0 Å².